The first kappa shape index (κ1) is 13.1. The van der Waals surface area contributed by atoms with E-state index in [1.165, 1.54) is 25.7 Å². The quantitative estimate of drug-likeness (QED) is 0.889. The molecule has 0 radical (unpaired) electrons. The topological polar surface area (TPSA) is 54.0 Å². The summed E-state index contributed by atoms with van der Waals surface area (Å²) in [6.45, 7) is 2.60. The first-order valence-electron chi connectivity index (χ1n) is 7.17. The van der Waals surface area contributed by atoms with E-state index in [0.29, 0.717) is 12.6 Å². The molecule has 2 aliphatic rings. The number of aromatic nitrogens is 1. The zero-order chi connectivity index (χ0) is 13.2. The molecule has 104 valence electrons. The number of rotatable bonds is 3. The van der Waals surface area contributed by atoms with Gasteiger partial charge in [0.05, 0.1) is 23.8 Å². The van der Waals surface area contributed by atoms with Crippen LogP contribution in [0.5, 0.6) is 0 Å². The normalized spacial score (nSPS) is 30.1. The largest absolute Gasteiger partial charge is 0.350 e. The Morgan fingerprint density at radius 2 is 2.37 bits per heavy atom. The average Bonchev–Trinajstić information content (AvgIpc) is 3.01. The first-order valence-corrected chi connectivity index (χ1v) is 8.04. The summed E-state index contributed by atoms with van der Waals surface area (Å²) in [6, 6.07) is 0.593. The molecule has 3 atom stereocenters. The van der Waals surface area contributed by atoms with Crippen LogP contribution in [0, 0.1) is 12.8 Å². The maximum atomic E-state index is 12.2. The Hall–Kier alpha value is -0.940. The molecule has 1 aromatic heterocycles. The molecule has 1 aliphatic heterocycles. The van der Waals surface area contributed by atoms with E-state index in [-0.39, 0.29) is 11.9 Å². The summed E-state index contributed by atoms with van der Waals surface area (Å²) in [6.07, 6.45) is 6.18. The van der Waals surface area contributed by atoms with Gasteiger partial charge < -0.3 is 10.6 Å². The van der Waals surface area contributed by atoms with Gasteiger partial charge in [0, 0.05) is 10.9 Å². The highest BCUT2D eigenvalue weighted by molar-refractivity contribution is 7.09. The molecule has 1 aromatic rings. The summed E-state index contributed by atoms with van der Waals surface area (Å²) in [5.41, 5.74) is 2.86. The van der Waals surface area contributed by atoms with Gasteiger partial charge in [-0.2, -0.15) is 0 Å². The highest BCUT2D eigenvalue weighted by atomic mass is 32.1. The molecule has 3 unspecified atom stereocenters. The number of fused-ring (bicyclic) bond motifs is 1. The molecule has 19 heavy (non-hydrogen) atoms. The minimum Gasteiger partial charge on any atom is -0.350 e. The number of nitrogens with one attached hydrogen (secondary N) is 2. The molecule has 4 nitrogen and oxygen atoms in total. The van der Waals surface area contributed by atoms with Crippen LogP contribution in [0.25, 0.3) is 0 Å². The standard InChI is InChI=1S/C14H21N3OS/c1-9-13(19-8-16-9)7-15-14(18)12-6-10-4-2-3-5-11(10)17-12/h8,10-12,17H,2-7H2,1H3,(H,15,18). The second-order valence-corrected chi connectivity index (χ2v) is 6.62. The number of aryl methyl sites for hydroxylation is 1. The number of carbonyl (C=O) groups is 1. The van der Waals surface area contributed by atoms with Gasteiger partial charge in [0.1, 0.15) is 0 Å². The van der Waals surface area contributed by atoms with Gasteiger partial charge in [0.2, 0.25) is 5.91 Å². The molecular formula is C14H21N3OS. The fraction of sp³-hybridized carbons (Fsp3) is 0.714. The van der Waals surface area contributed by atoms with Crippen LogP contribution < -0.4 is 10.6 Å². The third kappa shape index (κ3) is 2.82. The molecule has 2 heterocycles. The molecule has 0 spiro atoms. The molecular weight excluding hydrogens is 258 g/mol. The number of hydrogen-bond acceptors (Lipinski definition) is 4. The van der Waals surface area contributed by atoms with Crippen LogP contribution in [-0.2, 0) is 11.3 Å². The zero-order valence-corrected chi connectivity index (χ0v) is 12.1. The second kappa shape index (κ2) is 5.59. The lowest BCUT2D eigenvalue weighted by Gasteiger charge is -2.24. The maximum absolute atomic E-state index is 12.2. The first-order chi connectivity index (χ1) is 9.24. The molecule has 1 saturated heterocycles. The molecule has 0 aromatic carbocycles. The molecule has 3 rings (SSSR count). The fourth-order valence-corrected chi connectivity index (χ4v) is 4.02. The van der Waals surface area contributed by atoms with Gasteiger partial charge in [0.25, 0.3) is 0 Å². The summed E-state index contributed by atoms with van der Waals surface area (Å²) >= 11 is 1.61. The lowest BCUT2D eigenvalue weighted by Crippen LogP contribution is -2.42. The third-order valence-electron chi connectivity index (χ3n) is 4.45. The number of hydrogen-bond donors (Lipinski definition) is 2. The zero-order valence-electron chi connectivity index (χ0n) is 11.3. The average molecular weight is 279 g/mol. The minimum absolute atomic E-state index is 0.0151. The van der Waals surface area contributed by atoms with E-state index < -0.39 is 0 Å². The van der Waals surface area contributed by atoms with Gasteiger partial charge in [-0.1, -0.05) is 12.8 Å². The van der Waals surface area contributed by atoms with E-state index in [1.807, 2.05) is 12.4 Å². The van der Waals surface area contributed by atoms with Crippen molar-refractivity contribution < 1.29 is 4.79 Å². The van der Waals surface area contributed by atoms with Crippen molar-refractivity contribution in [3.05, 3.63) is 16.1 Å². The van der Waals surface area contributed by atoms with Crippen molar-refractivity contribution in [1.82, 2.24) is 15.6 Å². The van der Waals surface area contributed by atoms with Crippen LogP contribution in [0.4, 0.5) is 0 Å². The summed E-state index contributed by atoms with van der Waals surface area (Å²) in [5, 5.41) is 6.56. The number of nitrogens with zero attached hydrogens (tertiary/aromatic N) is 1. The van der Waals surface area contributed by atoms with Crippen molar-refractivity contribution in [1.29, 1.82) is 0 Å². The van der Waals surface area contributed by atoms with Crippen molar-refractivity contribution in [2.24, 2.45) is 5.92 Å². The highest BCUT2D eigenvalue weighted by Gasteiger charge is 2.37. The Kier molecular flexibility index (Phi) is 3.84. The SMILES string of the molecule is Cc1ncsc1CNC(=O)C1CC2CCCCC2N1. The van der Waals surface area contributed by atoms with E-state index >= 15 is 0 Å². The summed E-state index contributed by atoms with van der Waals surface area (Å²) in [7, 11) is 0. The van der Waals surface area contributed by atoms with E-state index in [9.17, 15) is 4.79 Å². The predicted octanol–water partition coefficient (Wildman–Crippen LogP) is 1.99. The Labute approximate surface area is 118 Å². The van der Waals surface area contributed by atoms with Gasteiger partial charge >= 0.3 is 0 Å². The van der Waals surface area contributed by atoms with E-state index in [2.05, 4.69) is 15.6 Å². The van der Waals surface area contributed by atoms with Crippen LogP contribution in [0.3, 0.4) is 0 Å². The second-order valence-electron chi connectivity index (χ2n) is 5.68. The van der Waals surface area contributed by atoms with Gasteiger partial charge in [-0.05, 0) is 32.1 Å². The van der Waals surface area contributed by atoms with Crippen molar-refractivity contribution in [2.45, 2.75) is 57.7 Å². The molecule has 2 N–H and O–H groups in total. The lowest BCUT2D eigenvalue weighted by atomic mass is 9.85. The Bertz CT molecular complexity index is 445. The lowest BCUT2D eigenvalue weighted by molar-refractivity contribution is -0.123. The van der Waals surface area contributed by atoms with E-state index in [4.69, 9.17) is 0 Å². The fourth-order valence-electron chi connectivity index (χ4n) is 3.31. The number of amides is 1. The Morgan fingerprint density at radius 3 is 3.11 bits per heavy atom. The van der Waals surface area contributed by atoms with Crippen LogP contribution in [-0.4, -0.2) is 23.0 Å². The number of carbonyl (C=O) groups excluding carboxylic acids is 1. The van der Waals surface area contributed by atoms with Crippen LogP contribution in [0.2, 0.25) is 0 Å². The predicted molar refractivity (Wildman–Crippen MR) is 76.0 cm³/mol. The van der Waals surface area contributed by atoms with Crippen molar-refractivity contribution >= 4 is 17.2 Å². The number of thiazole rings is 1. The van der Waals surface area contributed by atoms with Gasteiger partial charge in [-0.3, -0.25) is 4.79 Å². The molecule has 1 amide bonds. The van der Waals surface area contributed by atoms with Crippen LogP contribution in [0.1, 0.15) is 42.7 Å². The molecule has 5 heteroatoms. The van der Waals surface area contributed by atoms with Gasteiger partial charge in [-0.25, -0.2) is 4.98 Å². The van der Waals surface area contributed by atoms with Crippen molar-refractivity contribution in [3.8, 4) is 0 Å². The molecule has 1 saturated carbocycles. The highest BCUT2D eigenvalue weighted by Crippen LogP contribution is 2.33. The van der Waals surface area contributed by atoms with Crippen molar-refractivity contribution in [3.63, 3.8) is 0 Å². The van der Waals surface area contributed by atoms with E-state index in [1.54, 1.807) is 11.3 Å². The van der Waals surface area contributed by atoms with Gasteiger partial charge in [-0.15, -0.1) is 11.3 Å². The van der Waals surface area contributed by atoms with Crippen LogP contribution >= 0.6 is 11.3 Å². The minimum atomic E-state index is 0.0151. The smallest absolute Gasteiger partial charge is 0.237 e. The monoisotopic (exact) mass is 279 g/mol. The third-order valence-corrected chi connectivity index (χ3v) is 5.38. The van der Waals surface area contributed by atoms with Gasteiger partial charge in [0.15, 0.2) is 0 Å². The Morgan fingerprint density at radius 1 is 1.53 bits per heavy atom. The van der Waals surface area contributed by atoms with Crippen molar-refractivity contribution in [2.75, 3.05) is 0 Å². The summed E-state index contributed by atoms with van der Waals surface area (Å²) < 4.78 is 0. The molecule has 0 bridgehead atoms. The summed E-state index contributed by atoms with van der Waals surface area (Å²) in [4.78, 5) is 17.6. The molecule has 2 fully saturated rings. The van der Waals surface area contributed by atoms with Crippen LogP contribution in [0.15, 0.2) is 5.51 Å². The Balaban J connectivity index is 1.52. The maximum Gasteiger partial charge on any atom is 0.237 e. The molecule has 1 aliphatic carbocycles. The summed E-state index contributed by atoms with van der Waals surface area (Å²) in [5.74, 6) is 0.872. The van der Waals surface area contributed by atoms with E-state index in [0.717, 1.165) is 22.9 Å².